The lowest BCUT2D eigenvalue weighted by atomic mass is 10.0. The molecule has 144 valence electrons. The van der Waals surface area contributed by atoms with Gasteiger partial charge in [0.2, 0.25) is 0 Å². The van der Waals surface area contributed by atoms with Gasteiger partial charge in [0.05, 0.1) is 13.3 Å². The minimum Gasteiger partial charge on any atom is -0.444 e. The number of alkyl carbamates (subject to hydrolysis) is 1. The van der Waals surface area contributed by atoms with Crippen molar-refractivity contribution in [2.24, 2.45) is 0 Å². The number of carbonyl (C=O) groups excluding carboxylic acids is 1. The molecule has 1 fully saturated rings. The standard InChI is InChI=1S/C10H20FNO2.C5H11NO3S/c1-9(2,3)14-8(13)12-10(4,5)6-7-11;1-5(2)3-4-9-10(7,8)6-5/h6-7H2,1-5H3,(H,12,13);6H,3-4H2,1-2H3. The predicted molar refractivity (Wildman–Crippen MR) is 90.7 cm³/mol. The highest BCUT2D eigenvalue weighted by atomic mass is 32.2. The topological polar surface area (TPSA) is 93.7 Å². The molecule has 0 spiro atoms. The molecule has 1 aliphatic heterocycles. The van der Waals surface area contributed by atoms with Gasteiger partial charge in [-0.2, -0.15) is 13.1 Å². The Balaban J connectivity index is 0.000000463. The van der Waals surface area contributed by atoms with E-state index in [0.717, 1.165) is 0 Å². The number of alkyl halides is 1. The van der Waals surface area contributed by atoms with Gasteiger partial charge in [0.1, 0.15) is 5.60 Å². The first-order chi connectivity index (χ1) is 10.6. The smallest absolute Gasteiger partial charge is 0.408 e. The molecule has 1 amide bonds. The van der Waals surface area contributed by atoms with Crippen molar-refractivity contribution >= 4 is 16.4 Å². The summed E-state index contributed by atoms with van der Waals surface area (Å²) >= 11 is 0. The Bertz CT molecular complexity index is 512. The normalized spacial score (nSPS) is 19.7. The third-order valence-corrected chi connectivity index (χ3v) is 4.21. The zero-order chi connectivity index (χ0) is 19.2. The lowest BCUT2D eigenvalue weighted by Gasteiger charge is -2.29. The number of amides is 1. The first-order valence-electron chi connectivity index (χ1n) is 7.83. The highest BCUT2D eigenvalue weighted by molar-refractivity contribution is 7.84. The number of ether oxygens (including phenoxy) is 1. The Kier molecular flexibility index (Phi) is 8.11. The molecule has 24 heavy (non-hydrogen) atoms. The SMILES string of the molecule is CC(C)(CCF)NC(=O)OC(C)(C)C.CC1(C)CCOS(=O)(=O)N1. The summed E-state index contributed by atoms with van der Waals surface area (Å²) in [5.41, 5.74) is -1.43. The molecule has 0 radical (unpaired) electrons. The van der Waals surface area contributed by atoms with Crippen LogP contribution in [0.1, 0.15) is 61.3 Å². The van der Waals surface area contributed by atoms with Gasteiger partial charge in [0, 0.05) is 11.1 Å². The number of rotatable bonds is 3. The van der Waals surface area contributed by atoms with E-state index in [9.17, 15) is 17.6 Å². The average molecular weight is 370 g/mol. The third kappa shape index (κ3) is 11.6. The maximum atomic E-state index is 12.1. The van der Waals surface area contributed by atoms with Crippen molar-refractivity contribution in [3.63, 3.8) is 0 Å². The lowest BCUT2D eigenvalue weighted by molar-refractivity contribution is 0.0465. The molecule has 0 bridgehead atoms. The number of halogens is 1. The molecule has 0 saturated carbocycles. The molecule has 1 aliphatic rings. The first-order valence-corrected chi connectivity index (χ1v) is 9.24. The van der Waals surface area contributed by atoms with E-state index in [0.29, 0.717) is 6.42 Å². The van der Waals surface area contributed by atoms with Gasteiger partial charge >= 0.3 is 16.4 Å². The summed E-state index contributed by atoms with van der Waals surface area (Å²) in [5.74, 6) is 0. The summed E-state index contributed by atoms with van der Waals surface area (Å²) in [6, 6.07) is 0. The van der Waals surface area contributed by atoms with E-state index in [1.807, 2.05) is 13.8 Å². The number of nitrogens with one attached hydrogen (secondary N) is 2. The molecule has 0 aromatic carbocycles. The van der Waals surface area contributed by atoms with Crippen molar-refractivity contribution in [2.45, 2.75) is 78.0 Å². The van der Waals surface area contributed by atoms with E-state index in [1.165, 1.54) is 0 Å². The molecular weight excluding hydrogens is 339 g/mol. The van der Waals surface area contributed by atoms with Gasteiger partial charge in [-0.25, -0.2) is 4.79 Å². The molecule has 1 rings (SSSR count). The average Bonchev–Trinajstić information content (AvgIpc) is 2.21. The quantitative estimate of drug-likeness (QED) is 0.796. The van der Waals surface area contributed by atoms with Crippen LogP contribution in [0.15, 0.2) is 0 Å². The first kappa shape index (κ1) is 23.1. The molecule has 0 atom stereocenters. The van der Waals surface area contributed by atoms with Crippen molar-refractivity contribution in [3.05, 3.63) is 0 Å². The summed E-state index contributed by atoms with van der Waals surface area (Å²) in [5, 5.41) is 2.61. The summed E-state index contributed by atoms with van der Waals surface area (Å²) < 4.78 is 45.4. The molecule has 7 nitrogen and oxygen atoms in total. The Morgan fingerprint density at radius 1 is 1.29 bits per heavy atom. The fourth-order valence-corrected chi connectivity index (χ4v) is 2.84. The van der Waals surface area contributed by atoms with E-state index < -0.39 is 34.2 Å². The summed E-state index contributed by atoms with van der Waals surface area (Å²) in [7, 11) is -3.44. The minimum atomic E-state index is -3.44. The number of hydrogen-bond donors (Lipinski definition) is 2. The molecule has 9 heteroatoms. The van der Waals surface area contributed by atoms with Gasteiger partial charge < -0.3 is 10.1 Å². The van der Waals surface area contributed by atoms with E-state index in [1.54, 1.807) is 34.6 Å². The summed E-state index contributed by atoms with van der Waals surface area (Å²) in [6.07, 6.45) is 0.495. The number of carbonyl (C=O) groups is 1. The van der Waals surface area contributed by atoms with Gasteiger partial charge in [-0.3, -0.25) is 8.57 Å². The Hall–Kier alpha value is -0.930. The van der Waals surface area contributed by atoms with Crippen LogP contribution in [-0.2, 0) is 19.2 Å². The highest BCUT2D eigenvalue weighted by Gasteiger charge is 2.30. The molecule has 0 aliphatic carbocycles. The van der Waals surface area contributed by atoms with Crippen LogP contribution in [0.25, 0.3) is 0 Å². The second-order valence-electron chi connectivity index (χ2n) is 7.96. The number of hydrogen-bond acceptors (Lipinski definition) is 5. The van der Waals surface area contributed by atoms with Crippen LogP contribution in [0.3, 0.4) is 0 Å². The molecule has 0 unspecified atom stereocenters. The van der Waals surface area contributed by atoms with Gasteiger partial charge in [0.15, 0.2) is 0 Å². The van der Waals surface area contributed by atoms with Crippen LogP contribution in [0.5, 0.6) is 0 Å². The van der Waals surface area contributed by atoms with Gasteiger partial charge in [-0.05, 0) is 61.3 Å². The van der Waals surface area contributed by atoms with Crippen molar-refractivity contribution in [1.29, 1.82) is 0 Å². The minimum absolute atomic E-state index is 0.280. The Morgan fingerprint density at radius 2 is 1.83 bits per heavy atom. The summed E-state index contributed by atoms with van der Waals surface area (Å²) in [4.78, 5) is 11.3. The lowest BCUT2D eigenvalue weighted by Crippen LogP contribution is -2.48. The zero-order valence-electron chi connectivity index (χ0n) is 15.7. The summed E-state index contributed by atoms with van der Waals surface area (Å²) in [6.45, 7) is 12.4. The van der Waals surface area contributed by atoms with Crippen LogP contribution in [-0.4, -0.2) is 44.5 Å². The van der Waals surface area contributed by atoms with Crippen molar-refractivity contribution in [1.82, 2.24) is 10.0 Å². The van der Waals surface area contributed by atoms with Crippen LogP contribution < -0.4 is 10.0 Å². The van der Waals surface area contributed by atoms with Gasteiger partial charge in [0.25, 0.3) is 0 Å². The van der Waals surface area contributed by atoms with E-state index in [-0.39, 0.29) is 18.6 Å². The van der Waals surface area contributed by atoms with Gasteiger partial charge in [-0.1, -0.05) is 0 Å². The molecule has 0 aromatic rings. The van der Waals surface area contributed by atoms with Crippen molar-refractivity contribution in [2.75, 3.05) is 13.3 Å². The second-order valence-corrected chi connectivity index (χ2v) is 9.31. The van der Waals surface area contributed by atoms with Crippen LogP contribution in [0, 0.1) is 0 Å². The van der Waals surface area contributed by atoms with E-state index in [4.69, 9.17) is 4.74 Å². The largest absolute Gasteiger partial charge is 0.444 e. The fourth-order valence-electron chi connectivity index (χ4n) is 1.70. The Labute approximate surface area is 144 Å². The van der Waals surface area contributed by atoms with E-state index >= 15 is 0 Å². The van der Waals surface area contributed by atoms with Crippen LogP contribution in [0.2, 0.25) is 0 Å². The van der Waals surface area contributed by atoms with Crippen LogP contribution >= 0.6 is 0 Å². The molecular formula is C15H31FN2O5S. The Morgan fingerprint density at radius 3 is 2.17 bits per heavy atom. The van der Waals surface area contributed by atoms with Crippen molar-refractivity contribution < 1.29 is 26.5 Å². The third-order valence-electron chi connectivity index (χ3n) is 2.93. The predicted octanol–water partition coefficient (Wildman–Crippen LogP) is 2.67. The molecule has 1 saturated heterocycles. The van der Waals surface area contributed by atoms with Crippen LogP contribution in [0.4, 0.5) is 9.18 Å². The second kappa shape index (κ2) is 8.44. The molecule has 2 N–H and O–H groups in total. The monoisotopic (exact) mass is 370 g/mol. The van der Waals surface area contributed by atoms with Crippen molar-refractivity contribution in [3.8, 4) is 0 Å². The maximum absolute atomic E-state index is 12.1. The molecule has 1 heterocycles. The highest BCUT2D eigenvalue weighted by Crippen LogP contribution is 2.15. The van der Waals surface area contributed by atoms with Gasteiger partial charge in [-0.15, -0.1) is 0 Å². The maximum Gasteiger partial charge on any atom is 0.408 e. The fraction of sp³-hybridized carbons (Fsp3) is 0.933. The van der Waals surface area contributed by atoms with E-state index in [2.05, 4.69) is 14.2 Å². The zero-order valence-corrected chi connectivity index (χ0v) is 16.5. The molecule has 0 aromatic heterocycles.